The number of para-hydroxylation sites is 1. The van der Waals surface area contributed by atoms with Crippen molar-refractivity contribution < 1.29 is 19.5 Å². The van der Waals surface area contributed by atoms with Crippen molar-refractivity contribution in [1.82, 2.24) is 9.80 Å². The standard InChI is InChI=1S/C31H42ClN3O4S/c1-8-13-33(7)28(37)24-23-16-20(6)31(40-23)25(24)29(38)35(21(17-36)15-18(3)4)27(31)30(39)34(14-9-2)26-19(5)11-10-12-22(26)32/h8-12,18,20-21,23-25,27,36H,1-2,13-17H2,3-7H3/t20?,21-,23-,24+,25+,27?,31?/m1/s1. The van der Waals surface area contributed by atoms with Crippen molar-refractivity contribution in [1.29, 1.82) is 0 Å². The van der Waals surface area contributed by atoms with Gasteiger partial charge in [-0.1, -0.05) is 56.7 Å². The predicted molar refractivity (Wildman–Crippen MR) is 162 cm³/mol. The number of hydrogen-bond donors (Lipinski definition) is 1. The Bertz CT molecular complexity index is 1170. The molecule has 9 heteroatoms. The number of fused-ring (bicyclic) bond motifs is 1. The second kappa shape index (κ2) is 11.9. The average Bonchev–Trinajstić information content (AvgIpc) is 3.49. The van der Waals surface area contributed by atoms with Crippen LogP contribution in [0.3, 0.4) is 0 Å². The van der Waals surface area contributed by atoms with E-state index < -0.39 is 28.7 Å². The average molecular weight is 588 g/mol. The zero-order valence-corrected chi connectivity index (χ0v) is 25.8. The molecule has 3 unspecified atom stereocenters. The molecule has 3 amide bonds. The van der Waals surface area contributed by atoms with Gasteiger partial charge in [0.25, 0.3) is 5.91 Å². The molecule has 1 N–H and O–H groups in total. The van der Waals surface area contributed by atoms with Gasteiger partial charge in [-0.15, -0.1) is 24.9 Å². The minimum absolute atomic E-state index is 0.0143. The Balaban J connectivity index is 1.90. The number of aliphatic hydroxyl groups excluding tert-OH is 1. The summed E-state index contributed by atoms with van der Waals surface area (Å²) >= 11 is 8.30. The van der Waals surface area contributed by atoms with Gasteiger partial charge in [0.15, 0.2) is 0 Å². The molecule has 1 aromatic carbocycles. The van der Waals surface area contributed by atoms with Crippen LogP contribution in [0.1, 0.15) is 39.2 Å². The summed E-state index contributed by atoms with van der Waals surface area (Å²) in [6.07, 6.45) is 4.62. The van der Waals surface area contributed by atoms with E-state index >= 15 is 0 Å². The summed E-state index contributed by atoms with van der Waals surface area (Å²) in [4.78, 5) is 48.2. The van der Waals surface area contributed by atoms with Crippen LogP contribution < -0.4 is 4.90 Å². The number of benzene rings is 1. The van der Waals surface area contributed by atoms with Gasteiger partial charge in [-0.25, -0.2) is 0 Å². The number of carbonyl (C=O) groups is 3. The first-order valence-electron chi connectivity index (χ1n) is 14.1. The fraction of sp³-hybridized carbons (Fsp3) is 0.581. The molecule has 0 radical (unpaired) electrons. The number of aliphatic hydroxyl groups is 1. The quantitative estimate of drug-likeness (QED) is 0.384. The Morgan fingerprint density at radius 1 is 1.25 bits per heavy atom. The second-order valence-electron chi connectivity index (χ2n) is 11.9. The van der Waals surface area contributed by atoms with E-state index in [-0.39, 0.29) is 48.0 Å². The third kappa shape index (κ3) is 4.80. The van der Waals surface area contributed by atoms with Crippen molar-refractivity contribution in [3.63, 3.8) is 0 Å². The molecule has 4 rings (SSSR count). The maximum Gasteiger partial charge on any atom is 0.251 e. The van der Waals surface area contributed by atoms with E-state index in [9.17, 15) is 19.5 Å². The van der Waals surface area contributed by atoms with Gasteiger partial charge in [-0.05, 0) is 43.2 Å². The number of halogens is 1. The first kappa shape index (κ1) is 30.7. The number of amides is 3. The zero-order chi connectivity index (χ0) is 29.5. The smallest absolute Gasteiger partial charge is 0.251 e. The molecule has 0 saturated carbocycles. The highest BCUT2D eigenvalue weighted by molar-refractivity contribution is 8.02. The molecule has 1 spiro atoms. The Kier molecular flexibility index (Phi) is 9.13. The van der Waals surface area contributed by atoms with Crippen LogP contribution in [0.5, 0.6) is 0 Å². The van der Waals surface area contributed by atoms with Crippen molar-refractivity contribution in [3.8, 4) is 0 Å². The summed E-state index contributed by atoms with van der Waals surface area (Å²) in [6, 6.07) is 4.09. The number of nitrogens with zero attached hydrogens (tertiary/aromatic N) is 3. The van der Waals surface area contributed by atoms with Crippen LogP contribution in [0.2, 0.25) is 5.02 Å². The maximum absolute atomic E-state index is 14.9. The number of likely N-dealkylation sites (tertiary alicyclic amines) is 1. The van der Waals surface area contributed by atoms with Crippen molar-refractivity contribution in [2.45, 2.75) is 62.6 Å². The minimum atomic E-state index is -0.857. The van der Waals surface area contributed by atoms with Crippen LogP contribution in [-0.2, 0) is 14.4 Å². The van der Waals surface area contributed by atoms with Gasteiger partial charge in [-0.3, -0.25) is 14.4 Å². The van der Waals surface area contributed by atoms with Crippen LogP contribution in [0.15, 0.2) is 43.5 Å². The fourth-order valence-electron chi connectivity index (χ4n) is 7.31. The number of anilines is 1. The van der Waals surface area contributed by atoms with Gasteiger partial charge in [0.2, 0.25) is 11.8 Å². The minimum Gasteiger partial charge on any atom is -0.394 e. The van der Waals surface area contributed by atoms with Gasteiger partial charge in [0.1, 0.15) is 6.04 Å². The van der Waals surface area contributed by atoms with E-state index in [1.165, 1.54) is 0 Å². The summed E-state index contributed by atoms with van der Waals surface area (Å²) in [5.41, 5.74) is 1.43. The first-order chi connectivity index (χ1) is 19.0. The lowest BCUT2D eigenvalue weighted by Crippen LogP contribution is -2.59. The van der Waals surface area contributed by atoms with E-state index in [4.69, 9.17) is 11.6 Å². The molecule has 0 aromatic heterocycles. The number of aryl methyl sites for hydroxylation is 1. The molecular weight excluding hydrogens is 546 g/mol. The van der Waals surface area contributed by atoms with Crippen LogP contribution in [0.25, 0.3) is 0 Å². The lowest BCUT2D eigenvalue weighted by Gasteiger charge is -2.42. The van der Waals surface area contributed by atoms with Crippen LogP contribution in [-0.4, -0.2) is 81.5 Å². The lowest BCUT2D eigenvalue weighted by atomic mass is 9.65. The van der Waals surface area contributed by atoms with Crippen LogP contribution in [0, 0.1) is 30.6 Å². The van der Waals surface area contributed by atoms with Crippen molar-refractivity contribution >= 4 is 46.8 Å². The molecule has 3 aliphatic heterocycles. The summed E-state index contributed by atoms with van der Waals surface area (Å²) < 4.78 is -0.798. The maximum atomic E-state index is 14.9. The lowest BCUT2D eigenvalue weighted by molar-refractivity contribution is -0.145. The molecule has 218 valence electrons. The van der Waals surface area contributed by atoms with E-state index in [2.05, 4.69) is 20.1 Å². The molecular formula is C31H42ClN3O4S. The Hall–Kier alpha value is -2.29. The number of thioether (sulfide) groups is 1. The van der Waals surface area contributed by atoms with Crippen LogP contribution >= 0.6 is 23.4 Å². The van der Waals surface area contributed by atoms with Crippen molar-refractivity contribution in [3.05, 3.63) is 54.1 Å². The van der Waals surface area contributed by atoms with Gasteiger partial charge in [0.05, 0.1) is 39.9 Å². The van der Waals surface area contributed by atoms with Crippen molar-refractivity contribution in [2.24, 2.45) is 23.7 Å². The van der Waals surface area contributed by atoms with Gasteiger partial charge in [0, 0.05) is 25.4 Å². The largest absolute Gasteiger partial charge is 0.394 e. The highest BCUT2D eigenvalue weighted by Crippen LogP contribution is 2.69. The second-order valence-corrected chi connectivity index (χ2v) is 13.9. The highest BCUT2D eigenvalue weighted by Gasteiger charge is 2.77. The highest BCUT2D eigenvalue weighted by atomic mass is 35.5. The molecule has 3 fully saturated rings. The molecule has 0 aliphatic carbocycles. The summed E-state index contributed by atoms with van der Waals surface area (Å²) in [7, 11) is 1.73. The topological polar surface area (TPSA) is 81.2 Å². The molecule has 3 heterocycles. The number of hydrogen-bond acceptors (Lipinski definition) is 5. The first-order valence-corrected chi connectivity index (χ1v) is 15.4. The number of rotatable bonds is 11. The number of likely N-dealkylation sites (N-methyl/N-ethyl adjacent to an activating group) is 1. The van der Waals surface area contributed by atoms with Gasteiger partial charge >= 0.3 is 0 Å². The van der Waals surface area contributed by atoms with E-state index in [1.807, 2.05) is 32.9 Å². The van der Waals surface area contributed by atoms with Gasteiger partial charge in [-0.2, -0.15) is 0 Å². The third-order valence-electron chi connectivity index (χ3n) is 8.87. The Labute approximate surface area is 247 Å². The van der Waals surface area contributed by atoms with E-state index in [1.54, 1.807) is 51.7 Å². The molecule has 1 aromatic rings. The van der Waals surface area contributed by atoms with Crippen molar-refractivity contribution in [2.75, 3.05) is 31.6 Å². The molecule has 7 nitrogen and oxygen atoms in total. The molecule has 2 bridgehead atoms. The normalized spacial score (nSPS) is 29.4. The summed E-state index contributed by atoms with van der Waals surface area (Å²) in [5, 5.41) is 11.0. The third-order valence-corrected chi connectivity index (χ3v) is 11.2. The Morgan fingerprint density at radius 3 is 2.50 bits per heavy atom. The monoisotopic (exact) mass is 587 g/mol. The molecule has 40 heavy (non-hydrogen) atoms. The van der Waals surface area contributed by atoms with E-state index in [0.29, 0.717) is 23.7 Å². The fourth-order valence-corrected chi connectivity index (χ4v) is 10.0. The van der Waals surface area contributed by atoms with Gasteiger partial charge < -0.3 is 19.8 Å². The predicted octanol–water partition coefficient (Wildman–Crippen LogP) is 4.56. The summed E-state index contributed by atoms with van der Waals surface area (Å²) in [5.74, 6) is -1.54. The molecule has 3 saturated heterocycles. The zero-order valence-electron chi connectivity index (χ0n) is 24.2. The molecule has 3 aliphatic rings. The number of carbonyl (C=O) groups excluding carboxylic acids is 3. The SMILES string of the molecule is C=CCN(C)C(=O)[C@@H]1[C@H]2C(=O)N([C@@H](CO)CC(C)C)C(C(=O)N(CC=C)c3c(C)cccc3Cl)C23S[C@@H]1CC3C. The summed E-state index contributed by atoms with van der Waals surface area (Å²) in [6.45, 7) is 16.1. The Morgan fingerprint density at radius 2 is 1.93 bits per heavy atom. The molecule has 7 atom stereocenters. The van der Waals surface area contributed by atoms with Crippen LogP contribution in [0.4, 0.5) is 5.69 Å². The van der Waals surface area contributed by atoms with E-state index in [0.717, 1.165) is 12.0 Å².